The molecule has 19 heavy (non-hydrogen) atoms. The van der Waals surface area contributed by atoms with Gasteiger partial charge in [0.2, 0.25) is 5.91 Å². The van der Waals surface area contributed by atoms with E-state index in [1.165, 1.54) is 0 Å². The number of carboxylic acids is 1. The van der Waals surface area contributed by atoms with Gasteiger partial charge in [0.1, 0.15) is 17.5 Å². The van der Waals surface area contributed by atoms with Crippen LogP contribution in [0.5, 0.6) is 11.5 Å². The number of phenolic OH excluding ortho intramolecular Hbond substituents is 2. The van der Waals surface area contributed by atoms with E-state index in [0.29, 0.717) is 0 Å². The Morgan fingerprint density at radius 3 is 2.11 bits per heavy atom. The summed E-state index contributed by atoms with van der Waals surface area (Å²) in [7, 11) is 0. The molecule has 0 radical (unpaired) electrons. The normalized spacial score (nSPS) is 11.6. The highest BCUT2D eigenvalue weighted by molar-refractivity contribution is 5.98. The van der Waals surface area contributed by atoms with Crippen LogP contribution in [0, 0.1) is 0 Å². The van der Waals surface area contributed by atoms with E-state index < -0.39 is 30.2 Å². The van der Waals surface area contributed by atoms with Crippen LogP contribution in [0.15, 0.2) is 18.2 Å². The van der Waals surface area contributed by atoms with Gasteiger partial charge in [-0.2, -0.15) is 0 Å². The van der Waals surface area contributed by atoms with Gasteiger partial charge in [-0.3, -0.25) is 9.59 Å². The molecule has 0 aliphatic rings. The zero-order chi connectivity index (χ0) is 14.6. The Kier molecular flexibility index (Phi) is 4.30. The number of primary amides is 1. The van der Waals surface area contributed by atoms with Gasteiger partial charge in [-0.05, 0) is 12.1 Å². The standard InChI is InChI=1S/C11H12N2O6/c12-9(16)4-8(11(18)19)13-10(17)5-1-6(14)3-7(15)2-5/h1-3,8,14-15H,4H2,(H2,12,16)(H,13,17)(H,18,19)/t8-/m0/s1. The number of aliphatic carboxylic acids is 1. The third kappa shape index (κ3) is 4.19. The molecule has 0 bridgehead atoms. The maximum atomic E-state index is 11.7. The van der Waals surface area contributed by atoms with Crippen LogP contribution in [-0.4, -0.2) is 39.1 Å². The number of carbonyl (C=O) groups is 3. The molecule has 0 aliphatic heterocycles. The number of carboxylic acid groups (broad SMARTS) is 1. The smallest absolute Gasteiger partial charge is 0.326 e. The van der Waals surface area contributed by atoms with E-state index in [0.717, 1.165) is 18.2 Å². The van der Waals surface area contributed by atoms with Crippen molar-refractivity contribution in [3.8, 4) is 11.5 Å². The summed E-state index contributed by atoms with van der Waals surface area (Å²) >= 11 is 0. The Balaban J connectivity index is 2.87. The van der Waals surface area contributed by atoms with Gasteiger partial charge in [-0.25, -0.2) is 4.79 Å². The topological polar surface area (TPSA) is 150 Å². The van der Waals surface area contributed by atoms with Crippen molar-refractivity contribution in [2.75, 3.05) is 0 Å². The number of benzene rings is 1. The maximum absolute atomic E-state index is 11.7. The Hall–Kier alpha value is -2.77. The summed E-state index contributed by atoms with van der Waals surface area (Å²) in [4.78, 5) is 33.2. The van der Waals surface area contributed by atoms with Gasteiger partial charge in [0.05, 0.1) is 6.42 Å². The number of hydrogen-bond donors (Lipinski definition) is 5. The molecule has 1 aromatic rings. The first-order chi connectivity index (χ1) is 8.79. The second-order valence-electron chi connectivity index (χ2n) is 3.77. The summed E-state index contributed by atoms with van der Waals surface area (Å²) in [5.74, 6) is -3.87. The lowest BCUT2D eigenvalue weighted by molar-refractivity contribution is -0.140. The van der Waals surface area contributed by atoms with Crippen molar-refractivity contribution in [3.05, 3.63) is 23.8 Å². The Morgan fingerprint density at radius 2 is 1.68 bits per heavy atom. The number of phenols is 2. The summed E-state index contributed by atoms with van der Waals surface area (Å²) in [5.41, 5.74) is 4.72. The first-order valence-corrected chi connectivity index (χ1v) is 5.14. The molecular formula is C11H12N2O6. The lowest BCUT2D eigenvalue weighted by Crippen LogP contribution is -2.43. The second kappa shape index (κ2) is 5.71. The fraction of sp³-hybridized carbons (Fsp3) is 0.182. The lowest BCUT2D eigenvalue weighted by Gasteiger charge is -2.13. The first kappa shape index (κ1) is 14.3. The minimum Gasteiger partial charge on any atom is -0.508 e. The third-order valence-electron chi connectivity index (χ3n) is 2.17. The summed E-state index contributed by atoms with van der Waals surface area (Å²) in [6.07, 6.45) is -0.564. The predicted molar refractivity (Wildman–Crippen MR) is 62.5 cm³/mol. The molecule has 0 spiro atoms. The second-order valence-corrected chi connectivity index (χ2v) is 3.77. The Labute approximate surface area is 107 Å². The number of nitrogens with two attached hydrogens (primary N) is 1. The minimum absolute atomic E-state index is 0.145. The van der Waals surface area contributed by atoms with Crippen molar-refractivity contribution in [2.45, 2.75) is 12.5 Å². The lowest BCUT2D eigenvalue weighted by atomic mass is 10.1. The highest BCUT2D eigenvalue weighted by Gasteiger charge is 2.23. The molecule has 1 rings (SSSR count). The van der Waals surface area contributed by atoms with Gasteiger partial charge in [0.25, 0.3) is 5.91 Å². The van der Waals surface area contributed by atoms with Crippen molar-refractivity contribution in [3.63, 3.8) is 0 Å². The molecule has 8 heteroatoms. The molecular weight excluding hydrogens is 256 g/mol. The van der Waals surface area contributed by atoms with Gasteiger partial charge < -0.3 is 26.4 Å². The van der Waals surface area contributed by atoms with Crippen LogP contribution in [-0.2, 0) is 9.59 Å². The molecule has 0 unspecified atom stereocenters. The van der Waals surface area contributed by atoms with Crippen LogP contribution >= 0.6 is 0 Å². The Bertz CT molecular complexity index is 508. The van der Waals surface area contributed by atoms with Crippen LogP contribution in [0.25, 0.3) is 0 Å². The van der Waals surface area contributed by atoms with Crippen molar-refractivity contribution in [1.29, 1.82) is 0 Å². The number of amides is 2. The number of carbonyl (C=O) groups excluding carboxylic acids is 2. The van der Waals surface area contributed by atoms with Crippen LogP contribution in [0.3, 0.4) is 0 Å². The van der Waals surface area contributed by atoms with Crippen molar-refractivity contribution in [2.24, 2.45) is 5.73 Å². The molecule has 0 saturated heterocycles. The zero-order valence-electron chi connectivity index (χ0n) is 9.66. The molecule has 0 saturated carbocycles. The Morgan fingerprint density at radius 1 is 1.16 bits per heavy atom. The summed E-state index contributed by atoms with van der Waals surface area (Å²) in [6, 6.07) is 1.61. The number of rotatable bonds is 5. The summed E-state index contributed by atoms with van der Waals surface area (Å²) < 4.78 is 0. The SMILES string of the molecule is NC(=O)C[C@H](NC(=O)c1cc(O)cc(O)c1)C(=O)O. The largest absolute Gasteiger partial charge is 0.508 e. The van der Waals surface area contributed by atoms with Crippen LogP contribution in [0.1, 0.15) is 16.8 Å². The number of hydrogen-bond acceptors (Lipinski definition) is 5. The predicted octanol–water partition coefficient (Wildman–Crippen LogP) is -0.844. The van der Waals surface area contributed by atoms with E-state index in [1.54, 1.807) is 0 Å². The van der Waals surface area contributed by atoms with E-state index >= 15 is 0 Å². The average Bonchev–Trinajstić information content (AvgIpc) is 2.25. The maximum Gasteiger partial charge on any atom is 0.326 e. The molecule has 8 nitrogen and oxygen atoms in total. The fourth-order valence-electron chi connectivity index (χ4n) is 1.37. The van der Waals surface area contributed by atoms with Gasteiger partial charge in [-0.15, -0.1) is 0 Å². The van der Waals surface area contributed by atoms with Crippen molar-refractivity contribution >= 4 is 17.8 Å². The van der Waals surface area contributed by atoms with E-state index in [2.05, 4.69) is 5.32 Å². The van der Waals surface area contributed by atoms with Crippen molar-refractivity contribution < 1.29 is 29.7 Å². The van der Waals surface area contributed by atoms with Crippen molar-refractivity contribution in [1.82, 2.24) is 5.32 Å². The molecule has 1 aromatic carbocycles. The molecule has 0 fully saturated rings. The minimum atomic E-state index is -1.48. The molecule has 1 atom stereocenters. The first-order valence-electron chi connectivity index (χ1n) is 5.14. The van der Waals surface area contributed by atoms with Gasteiger partial charge in [0.15, 0.2) is 0 Å². The molecule has 102 valence electrons. The van der Waals surface area contributed by atoms with E-state index in [-0.39, 0.29) is 17.1 Å². The molecule has 2 amide bonds. The van der Waals surface area contributed by atoms with Gasteiger partial charge in [-0.1, -0.05) is 0 Å². The van der Waals surface area contributed by atoms with E-state index in [9.17, 15) is 24.6 Å². The fourth-order valence-corrected chi connectivity index (χ4v) is 1.37. The highest BCUT2D eigenvalue weighted by Crippen LogP contribution is 2.20. The quantitative estimate of drug-likeness (QED) is 0.469. The van der Waals surface area contributed by atoms with Crippen LogP contribution < -0.4 is 11.1 Å². The van der Waals surface area contributed by atoms with E-state index in [1.807, 2.05) is 0 Å². The van der Waals surface area contributed by atoms with Gasteiger partial charge in [0, 0.05) is 11.6 Å². The molecule has 0 heterocycles. The molecule has 6 N–H and O–H groups in total. The highest BCUT2D eigenvalue weighted by atomic mass is 16.4. The molecule has 0 aliphatic carbocycles. The average molecular weight is 268 g/mol. The number of nitrogens with one attached hydrogen (secondary N) is 1. The monoisotopic (exact) mass is 268 g/mol. The zero-order valence-corrected chi connectivity index (χ0v) is 9.66. The van der Waals surface area contributed by atoms with E-state index in [4.69, 9.17) is 10.8 Å². The summed E-state index contributed by atoms with van der Waals surface area (Å²) in [6.45, 7) is 0. The molecule has 0 aromatic heterocycles. The summed E-state index contributed by atoms with van der Waals surface area (Å²) in [5, 5.41) is 29.3. The third-order valence-corrected chi connectivity index (χ3v) is 2.17. The number of aromatic hydroxyl groups is 2. The van der Waals surface area contributed by atoms with Crippen LogP contribution in [0.2, 0.25) is 0 Å². The van der Waals surface area contributed by atoms with Crippen LogP contribution in [0.4, 0.5) is 0 Å². The van der Waals surface area contributed by atoms with Gasteiger partial charge >= 0.3 is 5.97 Å².